The molecule has 1 saturated heterocycles. The van der Waals surface area contributed by atoms with Crippen molar-refractivity contribution in [2.24, 2.45) is 0 Å². The number of hydrogen-bond donors (Lipinski definition) is 1. The van der Waals surface area contributed by atoms with Gasteiger partial charge in [-0.15, -0.1) is 0 Å². The molecule has 1 aliphatic heterocycles. The molecule has 0 saturated carbocycles. The molecule has 0 spiro atoms. The molecule has 1 N–H and O–H groups in total. The number of benzene rings is 1. The number of para-hydroxylation sites is 1. The molecule has 3 rings (SSSR count). The maximum Gasteiger partial charge on any atom is 0.256 e. The zero-order chi connectivity index (χ0) is 20.1. The third kappa shape index (κ3) is 4.28. The molecule has 28 heavy (non-hydrogen) atoms. The van der Waals surface area contributed by atoms with Crippen molar-refractivity contribution < 1.29 is 23.9 Å². The van der Waals surface area contributed by atoms with E-state index < -0.39 is 5.60 Å². The summed E-state index contributed by atoms with van der Waals surface area (Å²) in [6.45, 7) is 1.64. The molecule has 1 aliphatic rings. The van der Waals surface area contributed by atoms with E-state index in [4.69, 9.17) is 14.0 Å². The predicted octanol–water partition coefficient (Wildman–Crippen LogP) is 1.68. The van der Waals surface area contributed by atoms with Gasteiger partial charge in [0.1, 0.15) is 0 Å². The maximum absolute atomic E-state index is 13.1. The smallest absolute Gasteiger partial charge is 0.256 e. The summed E-state index contributed by atoms with van der Waals surface area (Å²) >= 11 is 0. The second-order valence-electron chi connectivity index (χ2n) is 7.17. The van der Waals surface area contributed by atoms with E-state index in [1.807, 2.05) is 30.1 Å². The van der Waals surface area contributed by atoms with Crippen molar-refractivity contribution in [1.29, 1.82) is 0 Å². The Morgan fingerprint density at radius 2 is 2.14 bits per heavy atom. The Bertz CT molecular complexity index is 795. The van der Waals surface area contributed by atoms with E-state index in [1.165, 1.54) is 0 Å². The number of likely N-dealkylation sites (N-methyl/N-ethyl adjacent to an activating group) is 1. The molecule has 0 radical (unpaired) electrons. The Balaban J connectivity index is 1.71. The monoisotopic (exact) mass is 389 g/mol. The number of ether oxygens (including phenoxy) is 2. The van der Waals surface area contributed by atoms with Crippen LogP contribution >= 0.6 is 0 Å². The number of aromatic nitrogens is 1. The molecule has 2 heterocycles. The SMILES string of the molecule is COc1cccc(CN2CCCC(O)(CN(C)Cc3ccno3)C2=O)c1OC. The molecule has 8 heteroatoms. The lowest BCUT2D eigenvalue weighted by Crippen LogP contribution is -2.57. The van der Waals surface area contributed by atoms with E-state index in [1.54, 1.807) is 31.4 Å². The summed E-state index contributed by atoms with van der Waals surface area (Å²) in [5.41, 5.74) is -0.589. The Morgan fingerprint density at radius 1 is 1.32 bits per heavy atom. The number of hydrogen-bond acceptors (Lipinski definition) is 7. The zero-order valence-corrected chi connectivity index (χ0v) is 16.6. The van der Waals surface area contributed by atoms with E-state index in [0.29, 0.717) is 43.3 Å². The number of nitrogens with zero attached hydrogens (tertiary/aromatic N) is 3. The quantitative estimate of drug-likeness (QED) is 0.735. The first-order chi connectivity index (χ1) is 13.5. The van der Waals surface area contributed by atoms with Crippen molar-refractivity contribution in [3.05, 3.63) is 41.8 Å². The van der Waals surface area contributed by atoms with Crippen LogP contribution in [0.2, 0.25) is 0 Å². The fraction of sp³-hybridized carbons (Fsp3) is 0.500. The summed E-state index contributed by atoms with van der Waals surface area (Å²) in [5, 5.41) is 14.8. The van der Waals surface area contributed by atoms with Crippen LogP contribution in [-0.4, -0.2) is 65.9 Å². The molecule has 1 aromatic heterocycles. The first-order valence-electron chi connectivity index (χ1n) is 9.26. The van der Waals surface area contributed by atoms with Crippen LogP contribution in [-0.2, 0) is 17.9 Å². The second-order valence-corrected chi connectivity index (χ2v) is 7.17. The number of carbonyl (C=O) groups is 1. The number of piperidine rings is 1. The van der Waals surface area contributed by atoms with Gasteiger partial charge in [-0.05, 0) is 26.0 Å². The largest absolute Gasteiger partial charge is 0.493 e. The fourth-order valence-electron chi connectivity index (χ4n) is 3.74. The molecule has 1 atom stereocenters. The van der Waals surface area contributed by atoms with Crippen LogP contribution in [0.3, 0.4) is 0 Å². The van der Waals surface area contributed by atoms with Crippen molar-refractivity contribution in [2.45, 2.75) is 31.5 Å². The average molecular weight is 389 g/mol. The number of carbonyl (C=O) groups excluding carboxylic acids is 1. The lowest BCUT2D eigenvalue weighted by Gasteiger charge is -2.40. The molecule has 152 valence electrons. The normalized spacial score (nSPS) is 19.9. The van der Waals surface area contributed by atoms with Gasteiger partial charge in [-0.3, -0.25) is 9.69 Å². The van der Waals surface area contributed by atoms with Gasteiger partial charge >= 0.3 is 0 Å². The van der Waals surface area contributed by atoms with Gasteiger partial charge < -0.3 is 24.0 Å². The molecule has 1 aromatic carbocycles. The van der Waals surface area contributed by atoms with Crippen molar-refractivity contribution in [1.82, 2.24) is 15.0 Å². The van der Waals surface area contributed by atoms with Gasteiger partial charge in [-0.1, -0.05) is 17.3 Å². The van der Waals surface area contributed by atoms with Crippen LogP contribution in [0, 0.1) is 0 Å². The van der Waals surface area contributed by atoms with Crippen LogP contribution in [0.4, 0.5) is 0 Å². The zero-order valence-electron chi connectivity index (χ0n) is 16.6. The molecule has 0 aliphatic carbocycles. The van der Waals surface area contributed by atoms with Crippen LogP contribution in [0.25, 0.3) is 0 Å². The lowest BCUT2D eigenvalue weighted by molar-refractivity contribution is -0.160. The molecular weight excluding hydrogens is 362 g/mol. The number of aliphatic hydroxyl groups is 1. The summed E-state index contributed by atoms with van der Waals surface area (Å²) in [6, 6.07) is 7.35. The van der Waals surface area contributed by atoms with Crippen molar-refractivity contribution >= 4 is 5.91 Å². The van der Waals surface area contributed by atoms with Crippen molar-refractivity contribution in [3.8, 4) is 11.5 Å². The molecule has 1 amide bonds. The number of rotatable bonds is 8. The molecule has 2 aromatic rings. The third-order valence-electron chi connectivity index (χ3n) is 5.00. The van der Waals surface area contributed by atoms with Gasteiger partial charge in [-0.2, -0.15) is 0 Å². The van der Waals surface area contributed by atoms with Gasteiger partial charge in [0.25, 0.3) is 5.91 Å². The maximum atomic E-state index is 13.1. The number of likely N-dealkylation sites (tertiary alicyclic amines) is 1. The molecular formula is C20H27N3O5. The van der Waals surface area contributed by atoms with E-state index in [9.17, 15) is 9.90 Å². The predicted molar refractivity (Wildman–Crippen MR) is 102 cm³/mol. The molecule has 8 nitrogen and oxygen atoms in total. The Kier molecular flexibility index (Phi) is 6.21. The second kappa shape index (κ2) is 8.62. The highest BCUT2D eigenvalue weighted by molar-refractivity contribution is 5.86. The van der Waals surface area contributed by atoms with Gasteiger partial charge in [0.05, 0.1) is 27.0 Å². The topological polar surface area (TPSA) is 88.3 Å². The number of methoxy groups -OCH3 is 2. The van der Waals surface area contributed by atoms with E-state index in [0.717, 1.165) is 12.0 Å². The Morgan fingerprint density at radius 3 is 2.82 bits per heavy atom. The summed E-state index contributed by atoms with van der Waals surface area (Å²) in [5.74, 6) is 1.64. The van der Waals surface area contributed by atoms with Gasteiger partial charge in [-0.25, -0.2) is 0 Å². The minimum Gasteiger partial charge on any atom is -0.493 e. The van der Waals surface area contributed by atoms with Crippen LogP contribution in [0.15, 0.2) is 35.0 Å². The molecule has 0 bridgehead atoms. The van der Waals surface area contributed by atoms with Gasteiger partial charge in [0, 0.05) is 31.3 Å². The van der Waals surface area contributed by atoms with E-state index in [-0.39, 0.29) is 12.5 Å². The first-order valence-corrected chi connectivity index (χ1v) is 9.26. The number of amides is 1. The van der Waals surface area contributed by atoms with E-state index >= 15 is 0 Å². The van der Waals surface area contributed by atoms with Crippen LogP contribution < -0.4 is 9.47 Å². The average Bonchev–Trinajstić information content (AvgIpc) is 3.18. The minimum absolute atomic E-state index is 0.221. The molecule has 1 unspecified atom stereocenters. The highest BCUT2D eigenvalue weighted by Gasteiger charge is 2.43. The third-order valence-corrected chi connectivity index (χ3v) is 5.00. The summed E-state index contributed by atoms with van der Waals surface area (Å²) < 4.78 is 15.9. The summed E-state index contributed by atoms with van der Waals surface area (Å²) in [6.07, 6.45) is 2.73. The van der Waals surface area contributed by atoms with Crippen molar-refractivity contribution in [2.75, 3.05) is 34.4 Å². The lowest BCUT2D eigenvalue weighted by atomic mass is 9.90. The Hall–Kier alpha value is -2.58. The first kappa shape index (κ1) is 20.2. The Labute approximate surface area is 164 Å². The van der Waals surface area contributed by atoms with Gasteiger partial charge in [0.2, 0.25) is 0 Å². The highest BCUT2D eigenvalue weighted by Crippen LogP contribution is 2.33. The van der Waals surface area contributed by atoms with E-state index in [2.05, 4.69) is 5.16 Å². The van der Waals surface area contributed by atoms with Crippen molar-refractivity contribution in [3.63, 3.8) is 0 Å². The minimum atomic E-state index is -1.43. The standard InChI is InChI=1S/C20H27N3O5/c1-22(13-16-8-10-21-28-16)14-20(25)9-5-11-23(19(20)24)12-15-6-4-7-17(26-2)18(15)27-3/h4,6-8,10,25H,5,9,11-14H2,1-3H3. The molecule has 1 fully saturated rings. The highest BCUT2D eigenvalue weighted by atomic mass is 16.5. The summed E-state index contributed by atoms with van der Waals surface area (Å²) in [4.78, 5) is 16.6. The fourth-order valence-corrected chi connectivity index (χ4v) is 3.74. The van der Waals surface area contributed by atoms with Crippen LogP contribution in [0.5, 0.6) is 11.5 Å². The van der Waals surface area contributed by atoms with Crippen LogP contribution in [0.1, 0.15) is 24.2 Å². The summed E-state index contributed by atoms with van der Waals surface area (Å²) in [7, 11) is 5.00. The van der Waals surface area contributed by atoms with Gasteiger partial charge in [0.15, 0.2) is 22.9 Å².